The summed E-state index contributed by atoms with van der Waals surface area (Å²) in [6.07, 6.45) is 5.60. The Hall–Kier alpha value is -1.46. The van der Waals surface area contributed by atoms with Crippen LogP contribution in [0.3, 0.4) is 0 Å². The first-order valence-corrected chi connectivity index (χ1v) is 9.91. The Balaban J connectivity index is 1.60. The van der Waals surface area contributed by atoms with E-state index in [0.717, 1.165) is 43.1 Å². The monoisotopic (exact) mass is 362 g/mol. The molecule has 1 aromatic carbocycles. The van der Waals surface area contributed by atoms with Gasteiger partial charge in [-0.15, -0.1) is 0 Å². The molecule has 0 amide bonds. The van der Waals surface area contributed by atoms with Gasteiger partial charge in [0.05, 0.1) is 21.3 Å². The van der Waals surface area contributed by atoms with Crippen LogP contribution in [0.4, 0.5) is 0 Å². The van der Waals surface area contributed by atoms with Crippen molar-refractivity contribution in [2.75, 3.05) is 47.5 Å². The highest BCUT2D eigenvalue weighted by molar-refractivity contribution is 5.53. The predicted molar refractivity (Wildman–Crippen MR) is 104 cm³/mol. The first kappa shape index (κ1) is 19.3. The van der Waals surface area contributed by atoms with Crippen LogP contribution in [0, 0.1) is 5.92 Å². The highest BCUT2D eigenvalue weighted by Crippen LogP contribution is 2.38. The molecule has 1 saturated carbocycles. The molecule has 3 rings (SSSR count). The predicted octanol–water partition coefficient (Wildman–Crippen LogP) is 3.41. The molecule has 1 aromatic rings. The van der Waals surface area contributed by atoms with E-state index < -0.39 is 0 Å². The van der Waals surface area contributed by atoms with Gasteiger partial charge in [-0.2, -0.15) is 0 Å². The molecule has 1 saturated heterocycles. The molecule has 1 aliphatic carbocycles. The van der Waals surface area contributed by atoms with E-state index in [1.54, 1.807) is 21.3 Å². The van der Waals surface area contributed by atoms with Gasteiger partial charge in [-0.3, -0.25) is 9.80 Å². The minimum atomic E-state index is 0.662. The molecule has 0 radical (unpaired) electrons. The first-order valence-electron chi connectivity index (χ1n) is 9.91. The largest absolute Gasteiger partial charge is 0.493 e. The Bertz CT molecular complexity index is 560. The van der Waals surface area contributed by atoms with Gasteiger partial charge in [-0.1, -0.05) is 19.8 Å². The van der Waals surface area contributed by atoms with Gasteiger partial charge < -0.3 is 14.2 Å². The van der Waals surface area contributed by atoms with Gasteiger partial charge >= 0.3 is 0 Å². The average molecular weight is 363 g/mol. The van der Waals surface area contributed by atoms with E-state index in [2.05, 4.69) is 28.9 Å². The normalized spacial score (nSPS) is 25.1. The molecule has 5 nitrogen and oxygen atoms in total. The van der Waals surface area contributed by atoms with Gasteiger partial charge in [0.1, 0.15) is 0 Å². The third-order valence-electron chi connectivity index (χ3n) is 6.07. The molecule has 2 fully saturated rings. The van der Waals surface area contributed by atoms with E-state index in [-0.39, 0.29) is 0 Å². The van der Waals surface area contributed by atoms with E-state index in [1.165, 1.54) is 44.3 Å². The number of nitrogens with zero attached hydrogens (tertiary/aromatic N) is 2. The molecule has 0 aromatic heterocycles. The summed E-state index contributed by atoms with van der Waals surface area (Å²) in [4.78, 5) is 5.26. The molecule has 0 bridgehead atoms. The third-order valence-corrected chi connectivity index (χ3v) is 6.07. The fraction of sp³-hybridized carbons (Fsp3) is 0.714. The molecule has 2 aliphatic rings. The van der Waals surface area contributed by atoms with Crippen LogP contribution >= 0.6 is 0 Å². The number of ether oxygens (including phenoxy) is 3. The highest BCUT2D eigenvalue weighted by atomic mass is 16.5. The zero-order chi connectivity index (χ0) is 18.5. The average Bonchev–Trinajstić information content (AvgIpc) is 2.68. The van der Waals surface area contributed by atoms with Crippen LogP contribution in [0.15, 0.2) is 12.1 Å². The Morgan fingerprint density at radius 3 is 2.04 bits per heavy atom. The van der Waals surface area contributed by atoms with Crippen molar-refractivity contribution in [3.8, 4) is 17.2 Å². The molecular formula is C21H34N2O3. The van der Waals surface area contributed by atoms with Crippen LogP contribution in [-0.4, -0.2) is 63.4 Å². The third kappa shape index (κ3) is 4.26. The summed E-state index contributed by atoms with van der Waals surface area (Å²) in [5, 5.41) is 0. The minimum Gasteiger partial charge on any atom is -0.493 e. The fourth-order valence-electron chi connectivity index (χ4n) is 4.58. The molecule has 0 spiro atoms. The van der Waals surface area contributed by atoms with Gasteiger partial charge in [0.25, 0.3) is 0 Å². The number of piperazine rings is 1. The van der Waals surface area contributed by atoms with Crippen molar-refractivity contribution in [2.24, 2.45) is 5.92 Å². The Kier molecular flexibility index (Phi) is 6.65. The van der Waals surface area contributed by atoms with Crippen LogP contribution in [-0.2, 0) is 6.54 Å². The Morgan fingerprint density at radius 2 is 1.50 bits per heavy atom. The van der Waals surface area contributed by atoms with Crippen LogP contribution in [0.1, 0.15) is 38.2 Å². The second-order valence-electron chi connectivity index (χ2n) is 7.67. The molecule has 26 heavy (non-hydrogen) atoms. The maximum atomic E-state index is 5.48. The Labute approximate surface area is 158 Å². The van der Waals surface area contributed by atoms with Gasteiger partial charge in [0.2, 0.25) is 5.75 Å². The Morgan fingerprint density at radius 1 is 0.885 bits per heavy atom. The van der Waals surface area contributed by atoms with E-state index in [0.29, 0.717) is 5.75 Å². The zero-order valence-corrected chi connectivity index (χ0v) is 16.8. The number of hydrogen-bond acceptors (Lipinski definition) is 5. The van der Waals surface area contributed by atoms with Gasteiger partial charge in [-0.25, -0.2) is 0 Å². The van der Waals surface area contributed by atoms with Crippen LogP contribution in [0.5, 0.6) is 17.2 Å². The zero-order valence-electron chi connectivity index (χ0n) is 16.8. The standard InChI is InChI=1S/C21H34N2O3/c1-16-7-5-6-8-18(16)23-11-9-22(10-12-23)15-17-13-19(24-2)21(26-4)20(14-17)25-3/h13-14,16,18H,5-12,15H2,1-4H3/t16-,18-/m0/s1. The van der Waals surface area contributed by atoms with Crippen LogP contribution < -0.4 is 14.2 Å². The smallest absolute Gasteiger partial charge is 0.203 e. The van der Waals surface area contributed by atoms with Crippen LogP contribution in [0.25, 0.3) is 0 Å². The quantitative estimate of drug-likeness (QED) is 0.775. The summed E-state index contributed by atoms with van der Waals surface area (Å²) in [7, 11) is 4.99. The van der Waals surface area contributed by atoms with Crippen molar-refractivity contribution in [1.29, 1.82) is 0 Å². The van der Waals surface area contributed by atoms with E-state index in [4.69, 9.17) is 14.2 Å². The molecule has 0 unspecified atom stereocenters. The van der Waals surface area contributed by atoms with Gasteiger partial charge in [0.15, 0.2) is 11.5 Å². The first-order chi connectivity index (χ1) is 12.7. The molecule has 2 atom stereocenters. The lowest BCUT2D eigenvalue weighted by atomic mass is 9.84. The summed E-state index contributed by atoms with van der Waals surface area (Å²) in [5.74, 6) is 2.98. The summed E-state index contributed by atoms with van der Waals surface area (Å²) in [6, 6.07) is 4.93. The molecule has 5 heteroatoms. The lowest BCUT2D eigenvalue weighted by Crippen LogP contribution is -2.52. The fourth-order valence-corrected chi connectivity index (χ4v) is 4.58. The van der Waals surface area contributed by atoms with E-state index in [9.17, 15) is 0 Å². The second kappa shape index (κ2) is 8.96. The van der Waals surface area contributed by atoms with Crippen LogP contribution in [0.2, 0.25) is 0 Å². The SMILES string of the molecule is COc1cc(CN2CCN([C@H]3CCCC[C@@H]3C)CC2)cc(OC)c1OC. The summed E-state index contributed by atoms with van der Waals surface area (Å²) < 4.78 is 16.4. The number of methoxy groups -OCH3 is 3. The number of benzene rings is 1. The van der Waals surface area contributed by atoms with Crippen molar-refractivity contribution in [1.82, 2.24) is 9.80 Å². The molecule has 0 N–H and O–H groups in total. The van der Waals surface area contributed by atoms with Gasteiger partial charge in [0, 0.05) is 38.8 Å². The summed E-state index contributed by atoms with van der Waals surface area (Å²) in [5.41, 5.74) is 1.21. The van der Waals surface area contributed by atoms with E-state index >= 15 is 0 Å². The molecule has 1 heterocycles. The molecule has 146 valence electrons. The van der Waals surface area contributed by atoms with E-state index in [1.807, 2.05) is 0 Å². The lowest BCUT2D eigenvalue weighted by molar-refractivity contribution is 0.0517. The summed E-state index contributed by atoms with van der Waals surface area (Å²) in [6.45, 7) is 7.97. The number of rotatable bonds is 6. The molecular weight excluding hydrogens is 328 g/mol. The van der Waals surface area contributed by atoms with Crippen molar-refractivity contribution in [3.05, 3.63) is 17.7 Å². The van der Waals surface area contributed by atoms with Crippen molar-refractivity contribution >= 4 is 0 Å². The van der Waals surface area contributed by atoms with Gasteiger partial charge in [-0.05, 0) is 36.5 Å². The number of hydrogen-bond donors (Lipinski definition) is 0. The molecule has 1 aliphatic heterocycles. The lowest BCUT2D eigenvalue weighted by Gasteiger charge is -2.43. The van der Waals surface area contributed by atoms with Crippen molar-refractivity contribution in [2.45, 2.75) is 45.2 Å². The second-order valence-corrected chi connectivity index (χ2v) is 7.67. The highest BCUT2D eigenvalue weighted by Gasteiger charge is 2.29. The topological polar surface area (TPSA) is 34.2 Å². The van der Waals surface area contributed by atoms with Crippen molar-refractivity contribution in [3.63, 3.8) is 0 Å². The minimum absolute atomic E-state index is 0.662. The summed E-state index contributed by atoms with van der Waals surface area (Å²) >= 11 is 0. The maximum absolute atomic E-state index is 5.48. The maximum Gasteiger partial charge on any atom is 0.203 e. The van der Waals surface area contributed by atoms with Crippen molar-refractivity contribution < 1.29 is 14.2 Å².